The van der Waals surface area contributed by atoms with E-state index in [2.05, 4.69) is 43.6 Å². The molecule has 1 atom stereocenters. The van der Waals surface area contributed by atoms with Gasteiger partial charge in [0.25, 0.3) is 11.5 Å². The molecule has 4 heterocycles. The first-order chi connectivity index (χ1) is 19.9. The second-order valence-electron chi connectivity index (χ2n) is 10.2. The highest BCUT2D eigenvalue weighted by molar-refractivity contribution is 6.02. The van der Waals surface area contributed by atoms with Crippen molar-refractivity contribution >= 4 is 27.8 Å². The fourth-order valence-electron chi connectivity index (χ4n) is 5.24. The molecule has 5 aromatic rings. The minimum atomic E-state index is -0.998. The van der Waals surface area contributed by atoms with E-state index in [0.717, 1.165) is 59.1 Å². The summed E-state index contributed by atoms with van der Waals surface area (Å²) in [5, 5.41) is 3.63. The highest BCUT2D eigenvalue weighted by Crippen LogP contribution is 2.29. The number of carbonyl (C=O) groups is 1. The van der Waals surface area contributed by atoms with Crippen LogP contribution in [0.25, 0.3) is 21.9 Å². The van der Waals surface area contributed by atoms with Crippen LogP contribution in [0.5, 0.6) is 0 Å². The molecular formula is C31H26F2N6O2. The molecule has 0 aliphatic carbocycles. The lowest BCUT2D eigenvalue weighted by Crippen LogP contribution is -2.33. The Bertz CT molecular complexity index is 1920. The van der Waals surface area contributed by atoms with Crippen molar-refractivity contribution in [2.45, 2.75) is 19.0 Å². The van der Waals surface area contributed by atoms with E-state index < -0.39 is 23.1 Å². The van der Waals surface area contributed by atoms with Gasteiger partial charge in [0.2, 0.25) is 0 Å². The van der Waals surface area contributed by atoms with Gasteiger partial charge in [0.15, 0.2) is 11.6 Å². The van der Waals surface area contributed by atoms with Crippen molar-refractivity contribution in [1.82, 2.24) is 29.3 Å². The summed E-state index contributed by atoms with van der Waals surface area (Å²) in [7, 11) is 2.12. The van der Waals surface area contributed by atoms with Gasteiger partial charge in [-0.1, -0.05) is 17.9 Å². The monoisotopic (exact) mass is 552 g/mol. The van der Waals surface area contributed by atoms with Crippen molar-refractivity contribution in [3.05, 3.63) is 106 Å². The summed E-state index contributed by atoms with van der Waals surface area (Å²) in [5.41, 5.74) is 3.29. The fourth-order valence-corrected chi connectivity index (χ4v) is 5.24. The lowest BCUT2D eigenvalue weighted by molar-refractivity contribution is 0.0956. The number of nitrogens with one attached hydrogen (secondary N) is 1. The molecule has 0 radical (unpaired) electrons. The van der Waals surface area contributed by atoms with Gasteiger partial charge in [-0.2, -0.15) is 0 Å². The Balaban J connectivity index is 1.18. The quantitative estimate of drug-likeness (QED) is 0.336. The van der Waals surface area contributed by atoms with Crippen molar-refractivity contribution in [1.29, 1.82) is 0 Å². The Morgan fingerprint density at radius 1 is 1.10 bits per heavy atom. The van der Waals surface area contributed by atoms with E-state index in [-0.39, 0.29) is 18.7 Å². The Morgan fingerprint density at radius 3 is 2.78 bits per heavy atom. The third-order valence-electron chi connectivity index (χ3n) is 7.33. The van der Waals surface area contributed by atoms with Crippen LogP contribution >= 0.6 is 0 Å². The topological polar surface area (TPSA) is 85.1 Å². The van der Waals surface area contributed by atoms with Crippen LogP contribution in [-0.4, -0.2) is 56.6 Å². The molecule has 1 unspecified atom stereocenters. The molecule has 2 aromatic carbocycles. The fraction of sp³-hybridized carbons (Fsp3) is 0.226. The van der Waals surface area contributed by atoms with Gasteiger partial charge in [-0.05, 0) is 68.0 Å². The van der Waals surface area contributed by atoms with Gasteiger partial charge in [-0.3, -0.25) is 14.6 Å². The Hall–Kier alpha value is -4.88. The van der Waals surface area contributed by atoms with Crippen molar-refractivity contribution in [3.8, 4) is 11.8 Å². The van der Waals surface area contributed by atoms with E-state index in [1.807, 2.05) is 24.5 Å². The Morgan fingerprint density at radius 2 is 1.98 bits per heavy atom. The molecule has 0 bridgehead atoms. The summed E-state index contributed by atoms with van der Waals surface area (Å²) < 4.78 is 30.3. The van der Waals surface area contributed by atoms with Gasteiger partial charge >= 0.3 is 0 Å². The number of imidazole rings is 1. The summed E-state index contributed by atoms with van der Waals surface area (Å²) in [6.07, 6.45) is 6.23. The molecule has 10 heteroatoms. The molecule has 6 rings (SSSR count). The van der Waals surface area contributed by atoms with Crippen LogP contribution in [0.15, 0.2) is 72.0 Å². The highest BCUT2D eigenvalue weighted by Gasteiger charge is 2.23. The number of likely N-dealkylation sites (tertiary alicyclic amines) is 1. The molecule has 3 aromatic heterocycles. The maximum atomic E-state index is 13.6. The number of fused-ring (bicyclic) bond motifs is 3. The molecular weight excluding hydrogens is 526 g/mol. The number of halogens is 2. The number of hydrogen-bond acceptors (Lipinski definition) is 5. The zero-order valence-electron chi connectivity index (χ0n) is 22.3. The van der Waals surface area contributed by atoms with E-state index in [1.54, 1.807) is 12.3 Å². The number of rotatable bonds is 5. The van der Waals surface area contributed by atoms with Crippen LogP contribution in [0.4, 0.5) is 8.78 Å². The molecule has 8 nitrogen and oxygen atoms in total. The van der Waals surface area contributed by atoms with E-state index in [4.69, 9.17) is 0 Å². The van der Waals surface area contributed by atoms with E-state index in [0.29, 0.717) is 11.6 Å². The third kappa shape index (κ3) is 5.32. The molecule has 1 saturated heterocycles. The van der Waals surface area contributed by atoms with Gasteiger partial charge in [0.1, 0.15) is 11.1 Å². The molecule has 0 spiro atoms. The summed E-state index contributed by atoms with van der Waals surface area (Å²) in [4.78, 5) is 37.0. The Labute approximate surface area is 234 Å². The molecule has 41 heavy (non-hydrogen) atoms. The van der Waals surface area contributed by atoms with Gasteiger partial charge in [-0.25, -0.2) is 13.8 Å². The zero-order chi connectivity index (χ0) is 28.5. The molecule has 1 aliphatic rings. The van der Waals surface area contributed by atoms with Gasteiger partial charge in [0, 0.05) is 29.7 Å². The van der Waals surface area contributed by atoms with Crippen molar-refractivity contribution in [2.24, 2.45) is 0 Å². The first-order valence-electron chi connectivity index (χ1n) is 13.2. The number of pyridine rings is 2. The standard InChI is InChI=1S/C31H26F2N6O2/c1-37-13-10-22(18-37)39-19-36-28-16-35-27-9-7-20(14-24(27)29(28)39)4-2-11-34-30(40)23-5-3-12-38(31(23)41)17-21-6-8-25(32)26(33)15-21/h3,5-9,12,14-16,19,22H,10-11,13,17-18H2,1H3,(H,34,40). The second kappa shape index (κ2) is 10.9. The summed E-state index contributed by atoms with van der Waals surface area (Å²) in [6.45, 7) is 2.03. The summed E-state index contributed by atoms with van der Waals surface area (Å²) in [5.74, 6) is 3.50. The predicted molar refractivity (Wildman–Crippen MR) is 152 cm³/mol. The smallest absolute Gasteiger partial charge is 0.263 e. The first kappa shape index (κ1) is 26.3. The van der Waals surface area contributed by atoms with Crippen LogP contribution < -0.4 is 10.9 Å². The van der Waals surface area contributed by atoms with Crippen molar-refractivity contribution in [2.75, 3.05) is 26.7 Å². The average Bonchev–Trinajstić information content (AvgIpc) is 3.60. The SMILES string of the molecule is CN1CCC(n2cnc3cnc4ccc(C#CCNC(=O)c5cccn(Cc6ccc(F)c(F)c6)c5=O)cc4c32)C1. The van der Waals surface area contributed by atoms with Gasteiger partial charge in [0.05, 0.1) is 36.6 Å². The summed E-state index contributed by atoms with van der Waals surface area (Å²) >= 11 is 0. The second-order valence-corrected chi connectivity index (χ2v) is 10.2. The highest BCUT2D eigenvalue weighted by atomic mass is 19.2. The number of amides is 1. The number of carbonyl (C=O) groups excluding carboxylic acids is 1. The average molecular weight is 553 g/mol. The van der Waals surface area contributed by atoms with Crippen molar-refractivity contribution in [3.63, 3.8) is 0 Å². The maximum absolute atomic E-state index is 13.6. The predicted octanol–water partition coefficient (Wildman–Crippen LogP) is 3.73. The third-order valence-corrected chi connectivity index (χ3v) is 7.33. The maximum Gasteiger partial charge on any atom is 0.263 e. The minimum Gasteiger partial charge on any atom is -0.341 e. The van der Waals surface area contributed by atoms with Crippen molar-refractivity contribution < 1.29 is 13.6 Å². The summed E-state index contributed by atoms with van der Waals surface area (Å²) in [6, 6.07) is 12.5. The largest absolute Gasteiger partial charge is 0.341 e. The lowest BCUT2D eigenvalue weighted by atomic mass is 10.1. The normalized spacial score (nSPS) is 15.2. The van der Waals surface area contributed by atoms with Crippen LogP contribution in [-0.2, 0) is 6.54 Å². The Kier molecular flexibility index (Phi) is 7.03. The van der Waals surface area contributed by atoms with E-state index in [9.17, 15) is 18.4 Å². The molecule has 1 fully saturated rings. The minimum absolute atomic E-state index is 0.00258. The molecule has 0 saturated carbocycles. The number of aromatic nitrogens is 4. The van der Waals surface area contributed by atoms with Crippen LogP contribution in [0.3, 0.4) is 0 Å². The molecule has 206 valence electrons. The van der Waals surface area contributed by atoms with Gasteiger partial charge < -0.3 is 19.4 Å². The number of likely N-dealkylation sites (N-methyl/N-ethyl adjacent to an activating group) is 1. The lowest BCUT2D eigenvalue weighted by Gasteiger charge is -2.14. The number of benzene rings is 2. The molecule has 1 amide bonds. The molecule has 1 aliphatic heterocycles. The first-order valence-corrected chi connectivity index (χ1v) is 13.2. The van der Waals surface area contributed by atoms with Gasteiger partial charge in [-0.15, -0.1) is 0 Å². The zero-order valence-corrected chi connectivity index (χ0v) is 22.3. The molecule has 1 N–H and O–H groups in total. The number of hydrogen-bond donors (Lipinski definition) is 1. The van der Waals surface area contributed by atoms with E-state index in [1.165, 1.54) is 22.9 Å². The number of nitrogens with zero attached hydrogens (tertiary/aromatic N) is 5. The van der Waals surface area contributed by atoms with E-state index >= 15 is 0 Å². The van der Waals surface area contributed by atoms with Crippen LogP contribution in [0, 0.1) is 23.5 Å². The van der Waals surface area contributed by atoms with Crippen LogP contribution in [0.1, 0.15) is 33.9 Å². The van der Waals surface area contributed by atoms with Crippen LogP contribution in [0.2, 0.25) is 0 Å².